The van der Waals surface area contributed by atoms with Crippen LogP contribution in [0, 0.1) is 22.2 Å². The lowest BCUT2D eigenvalue weighted by Gasteiger charge is -2.45. The smallest absolute Gasteiger partial charge is 0.136 e. The molecule has 3 fully saturated rings. The van der Waals surface area contributed by atoms with Gasteiger partial charge in [-0.15, -0.1) is 0 Å². The molecular formula is C14H22O. The number of hydrogen-bond acceptors (Lipinski definition) is 1. The lowest BCUT2D eigenvalue weighted by atomic mass is 9.59. The summed E-state index contributed by atoms with van der Waals surface area (Å²) >= 11 is 0. The van der Waals surface area contributed by atoms with Gasteiger partial charge >= 0.3 is 0 Å². The second kappa shape index (κ2) is 2.49. The van der Waals surface area contributed by atoms with Crippen molar-refractivity contribution in [1.82, 2.24) is 0 Å². The van der Waals surface area contributed by atoms with Gasteiger partial charge in [0.05, 0.1) is 0 Å². The maximum Gasteiger partial charge on any atom is 0.136 e. The molecule has 15 heavy (non-hydrogen) atoms. The second-order valence-electron chi connectivity index (χ2n) is 6.89. The van der Waals surface area contributed by atoms with Crippen LogP contribution >= 0.6 is 0 Å². The zero-order valence-corrected chi connectivity index (χ0v) is 10.2. The SMILES string of the molecule is C[C@@]12CCC(=O)C(C1)[C@]1(C)CCC[C@]21C. The van der Waals surface area contributed by atoms with Gasteiger partial charge in [0, 0.05) is 12.3 Å². The number of hydrogen-bond donors (Lipinski definition) is 0. The first-order chi connectivity index (χ1) is 6.93. The quantitative estimate of drug-likeness (QED) is 0.592. The summed E-state index contributed by atoms with van der Waals surface area (Å²) in [4.78, 5) is 12.1. The molecule has 2 bridgehead atoms. The van der Waals surface area contributed by atoms with Gasteiger partial charge in [-0.25, -0.2) is 0 Å². The fourth-order valence-corrected chi connectivity index (χ4v) is 5.24. The summed E-state index contributed by atoms with van der Waals surface area (Å²) in [5.41, 5.74) is 1.23. The van der Waals surface area contributed by atoms with Crippen molar-refractivity contribution < 1.29 is 4.79 Å². The molecule has 0 aliphatic heterocycles. The Morgan fingerprint density at radius 2 is 1.87 bits per heavy atom. The van der Waals surface area contributed by atoms with E-state index in [1.54, 1.807) is 0 Å². The van der Waals surface area contributed by atoms with Crippen molar-refractivity contribution in [1.29, 1.82) is 0 Å². The zero-order chi connectivity index (χ0) is 10.9. The average Bonchev–Trinajstić information content (AvgIpc) is 2.55. The Balaban J connectivity index is 2.16. The molecule has 3 saturated carbocycles. The number of ketones is 1. The molecule has 0 heterocycles. The number of carbonyl (C=O) groups excluding carboxylic acids is 1. The van der Waals surface area contributed by atoms with Crippen molar-refractivity contribution in [2.45, 2.75) is 59.3 Å². The van der Waals surface area contributed by atoms with Crippen LogP contribution in [0.2, 0.25) is 0 Å². The Kier molecular flexibility index (Phi) is 1.64. The highest BCUT2D eigenvalue weighted by Gasteiger charge is 2.69. The minimum Gasteiger partial charge on any atom is -0.299 e. The summed E-state index contributed by atoms with van der Waals surface area (Å²) in [7, 11) is 0. The number of carbonyl (C=O) groups is 1. The first kappa shape index (κ1) is 9.86. The van der Waals surface area contributed by atoms with Crippen molar-refractivity contribution in [3.05, 3.63) is 0 Å². The van der Waals surface area contributed by atoms with Crippen molar-refractivity contribution in [2.24, 2.45) is 22.2 Å². The van der Waals surface area contributed by atoms with Crippen molar-refractivity contribution >= 4 is 5.78 Å². The van der Waals surface area contributed by atoms with Gasteiger partial charge in [-0.1, -0.05) is 27.2 Å². The fraction of sp³-hybridized carbons (Fsp3) is 0.929. The van der Waals surface area contributed by atoms with Gasteiger partial charge in [0.1, 0.15) is 5.78 Å². The highest BCUT2D eigenvalue weighted by molar-refractivity contribution is 5.84. The van der Waals surface area contributed by atoms with Gasteiger partial charge in [0.25, 0.3) is 0 Å². The van der Waals surface area contributed by atoms with Crippen molar-refractivity contribution in [3.63, 3.8) is 0 Å². The van der Waals surface area contributed by atoms with Crippen LogP contribution in [-0.4, -0.2) is 5.78 Å². The van der Waals surface area contributed by atoms with Crippen LogP contribution in [0.3, 0.4) is 0 Å². The normalized spacial score (nSPS) is 58.3. The topological polar surface area (TPSA) is 17.1 Å². The lowest BCUT2D eigenvalue weighted by molar-refractivity contribution is -0.127. The van der Waals surface area contributed by atoms with Crippen LogP contribution in [0.25, 0.3) is 0 Å². The zero-order valence-electron chi connectivity index (χ0n) is 10.2. The van der Waals surface area contributed by atoms with Crippen LogP contribution in [-0.2, 0) is 4.79 Å². The van der Waals surface area contributed by atoms with Gasteiger partial charge < -0.3 is 0 Å². The monoisotopic (exact) mass is 206 g/mol. The molecule has 3 aliphatic rings. The summed E-state index contributed by atoms with van der Waals surface area (Å²) in [6, 6.07) is 0. The van der Waals surface area contributed by atoms with E-state index in [1.807, 2.05) is 0 Å². The summed E-state index contributed by atoms with van der Waals surface area (Å²) in [6.07, 6.45) is 7.16. The lowest BCUT2D eigenvalue weighted by Crippen LogP contribution is -2.38. The van der Waals surface area contributed by atoms with Gasteiger partial charge in [-0.3, -0.25) is 4.79 Å². The second-order valence-corrected chi connectivity index (χ2v) is 6.89. The Morgan fingerprint density at radius 3 is 2.60 bits per heavy atom. The predicted octanol–water partition coefficient (Wildman–Crippen LogP) is 3.57. The van der Waals surface area contributed by atoms with Crippen LogP contribution in [0.5, 0.6) is 0 Å². The summed E-state index contributed by atoms with van der Waals surface area (Å²) in [5, 5.41) is 0. The van der Waals surface area contributed by atoms with Gasteiger partial charge in [0.15, 0.2) is 0 Å². The Bertz CT molecular complexity index is 334. The van der Waals surface area contributed by atoms with E-state index in [0.29, 0.717) is 27.9 Å². The highest BCUT2D eigenvalue weighted by Crippen LogP contribution is 2.75. The van der Waals surface area contributed by atoms with Crippen molar-refractivity contribution in [2.75, 3.05) is 0 Å². The van der Waals surface area contributed by atoms with Crippen LogP contribution < -0.4 is 0 Å². The molecule has 0 aromatic carbocycles. The van der Waals surface area contributed by atoms with E-state index in [-0.39, 0.29) is 0 Å². The van der Waals surface area contributed by atoms with E-state index in [9.17, 15) is 4.79 Å². The predicted molar refractivity (Wildman–Crippen MR) is 60.5 cm³/mol. The molecular weight excluding hydrogens is 184 g/mol. The van der Waals surface area contributed by atoms with Crippen LogP contribution in [0.4, 0.5) is 0 Å². The molecule has 4 atom stereocenters. The van der Waals surface area contributed by atoms with E-state index in [1.165, 1.54) is 25.7 Å². The van der Waals surface area contributed by atoms with Gasteiger partial charge in [-0.2, -0.15) is 0 Å². The average molecular weight is 206 g/mol. The molecule has 0 radical (unpaired) electrons. The molecule has 0 amide bonds. The van der Waals surface area contributed by atoms with E-state index >= 15 is 0 Å². The molecule has 3 rings (SSSR count). The maximum absolute atomic E-state index is 12.1. The highest BCUT2D eigenvalue weighted by atomic mass is 16.1. The fourth-order valence-electron chi connectivity index (χ4n) is 5.24. The van der Waals surface area contributed by atoms with E-state index in [0.717, 1.165) is 12.8 Å². The molecule has 0 saturated heterocycles. The third-order valence-corrected chi connectivity index (χ3v) is 6.70. The summed E-state index contributed by atoms with van der Waals surface area (Å²) in [5.74, 6) is 0.962. The van der Waals surface area contributed by atoms with Gasteiger partial charge in [-0.05, 0) is 41.9 Å². The first-order valence-corrected chi connectivity index (χ1v) is 6.46. The summed E-state index contributed by atoms with van der Waals surface area (Å²) in [6.45, 7) is 7.32. The molecule has 0 aromatic rings. The Hall–Kier alpha value is -0.330. The van der Waals surface area contributed by atoms with E-state index < -0.39 is 0 Å². The molecule has 0 spiro atoms. The Labute approximate surface area is 92.6 Å². The minimum atomic E-state index is 0.329. The third-order valence-electron chi connectivity index (χ3n) is 6.70. The number of rotatable bonds is 0. The number of fused-ring (bicyclic) bond motifs is 5. The molecule has 84 valence electrons. The molecule has 0 N–H and O–H groups in total. The molecule has 1 heteroatoms. The standard InChI is InChI=1S/C14H22O/c1-12-8-5-11(15)10(9-12)13(2)6-4-7-14(12,13)3/h10H,4-9H2,1-3H3/t10?,12-,13+,14-/m1/s1. The largest absolute Gasteiger partial charge is 0.299 e. The van der Waals surface area contributed by atoms with Crippen molar-refractivity contribution in [3.8, 4) is 0 Å². The third kappa shape index (κ3) is 0.855. The molecule has 1 nitrogen and oxygen atoms in total. The van der Waals surface area contributed by atoms with E-state index in [2.05, 4.69) is 20.8 Å². The van der Waals surface area contributed by atoms with Gasteiger partial charge in [0.2, 0.25) is 0 Å². The maximum atomic E-state index is 12.1. The Morgan fingerprint density at radius 1 is 1.13 bits per heavy atom. The van der Waals surface area contributed by atoms with E-state index in [4.69, 9.17) is 0 Å². The first-order valence-electron chi connectivity index (χ1n) is 6.46. The molecule has 3 aliphatic carbocycles. The minimum absolute atomic E-state index is 0.329. The number of Topliss-reactive ketones (excluding diaryl/α,β-unsaturated/α-hetero) is 1. The molecule has 1 unspecified atom stereocenters. The van der Waals surface area contributed by atoms with Crippen LogP contribution in [0.1, 0.15) is 59.3 Å². The van der Waals surface area contributed by atoms with Crippen LogP contribution in [0.15, 0.2) is 0 Å². The molecule has 0 aromatic heterocycles. The summed E-state index contributed by atoms with van der Waals surface area (Å²) < 4.78 is 0.